The van der Waals surface area contributed by atoms with Crippen molar-refractivity contribution in [2.75, 3.05) is 6.61 Å². The maximum atomic E-state index is 12.2. The van der Waals surface area contributed by atoms with Crippen molar-refractivity contribution in [2.45, 2.75) is 40.0 Å². The van der Waals surface area contributed by atoms with Gasteiger partial charge in [-0.25, -0.2) is 0 Å². The van der Waals surface area contributed by atoms with Gasteiger partial charge in [0.05, 0.1) is 5.52 Å². The normalized spacial score (nSPS) is 12.1. The van der Waals surface area contributed by atoms with E-state index in [2.05, 4.69) is 53.0 Å². The first-order valence-electron chi connectivity index (χ1n) is 9.65. The van der Waals surface area contributed by atoms with Gasteiger partial charge in [-0.1, -0.05) is 32.9 Å². The van der Waals surface area contributed by atoms with Crippen LogP contribution in [0.4, 0.5) is 5.69 Å². The Kier molecular flexibility index (Phi) is 6.04. The van der Waals surface area contributed by atoms with Crippen LogP contribution >= 0.6 is 15.9 Å². The van der Waals surface area contributed by atoms with Gasteiger partial charge in [0.15, 0.2) is 12.3 Å². The molecule has 1 heterocycles. The third-order valence-electron chi connectivity index (χ3n) is 4.98. The Morgan fingerprint density at radius 2 is 1.90 bits per heavy atom. The van der Waals surface area contributed by atoms with Gasteiger partial charge in [0.25, 0.3) is 0 Å². The summed E-state index contributed by atoms with van der Waals surface area (Å²) in [7, 11) is 1.73. The molecule has 0 aliphatic rings. The predicted molar refractivity (Wildman–Crippen MR) is 122 cm³/mol. The lowest BCUT2D eigenvalue weighted by Crippen LogP contribution is -2.12. The second-order valence-electron chi connectivity index (χ2n) is 8.49. The second kappa shape index (κ2) is 8.22. The lowest BCUT2D eigenvalue weighted by Gasteiger charge is -2.20. The highest BCUT2D eigenvalue weighted by Gasteiger charge is 2.18. The molecule has 1 amide bonds. The standard InChI is InChI=1S/C23H26BrN3O3/c1-13-9-16-20(22(29)27(6)21(16)17(24)10-13)26-25-19(28)12-30-18-8-7-15(11-14(18)2)23(3,4)5/h7-11,29H,12H2,1-6H3. The van der Waals surface area contributed by atoms with Gasteiger partial charge in [0, 0.05) is 16.9 Å². The zero-order valence-corrected chi connectivity index (χ0v) is 19.7. The number of benzene rings is 2. The number of aryl methyl sites for hydroxylation is 3. The Bertz CT molecular complexity index is 1160. The van der Waals surface area contributed by atoms with Gasteiger partial charge in [-0.3, -0.25) is 4.79 Å². The molecule has 0 atom stereocenters. The molecule has 0 unspecified atom stereocenters. The van der Waals surface area contributed by atoms with Crippen molar-refractivity contribution in [1.29, 1.82) is 0 Å². The molecular weight excluding hydrogens is 446 g/mol. The Morgan fingerprint density at radius 3 is 2.53 bits per heavy atom. The molecule has 6 nitrogen and oxygen atoms in total. The van der Waals surface area contributed by atoms with Crippen molar-refractivity contribution >= 4 is 38.4 Å². The highest BCUT2D eigenvalue weighted by Crippen LogP contribution is 2.41. The maximum Gasteiger partial charge on any atom is 0.302 e. The highest BCUT2D eigenvalue weighted by molar-refractivity contribution is 9.10. The van der Waals surface area contributed by atoms with Crippen LogP contribution in [-0.2, 0) is 17.3 Å². The smallest absolute Gasteiger partial charge is 0.302 e. The minimum absolute atomic E-state index is 0.0428. The molecule has 0 saturated carbocycles. The molecule has 3 aromatic rings. The zero-order chi connectivity index (χ0) is 22.2. The van der Waals surface area contributed by atoms with Gasteiger partial charge in [-0.05, 0) is 70.1 Å². The van der Waals surface area contributed by atoms with Crippen LogP contribution in [0.2, 0.25) is 0 Å². The molecule has 7 heteroatoms. The number of hydrogen-bond acceptors (Lipinski definition) is 4. The fourth-order valence-corrected chi connectivity index (χ4v) is 4.13. The number of nitrogens with zero attached hydrogens (tertiary/aromatic N) is 3. The number of carbonyl (C=O) groups excluding carboxylic acids is 1. The van der Waals surface area contributed by atoms with Crippen LogP contribution in [-0.4, -0.2) is 22.2 Å². The van der Waals surface area contributed by atoms with Crippen LogP contribution < -0.4 is 4.74 Å². The summed E-state index contributed by atoms with van der Waals surface area (Å²) in [5.41, 5.74) is 4.24. The number of aromatic hydroxyl groups is 1. The van der Waals surface area contributed by atoms with Crippen molar-refractivity contribution in [3.8, 4) is 11.6 Å². The summed E-state index contributed by atoms with van der Waals surface area (Å²) in [6.07, 6.45) is 0. The Labute approximate surface area is 184 Å². The monoisotopic (exact) mass is 471 g/mol. The average Bonchev–Trinajstić information content (AvgIpc) is 2.88. The van der Waals surface area contributed by atoms with E-state index < -0.39 is 5.91 Å². The summed E-state index contributed by atoms with van der Waals surface area (Å²) in [6, 6.07) is 9.79. The first-order valence-corrected chi connectivity index (χ1v) is 10.4. The largest absolute Gasteiger partial charge is 0.493 e. The molecule has 30 heavy (non-hydrogen) atoms. The SMILES string of the molecule is Cc1cc(Br)c2c(c1)c(N=NC(=O)COc1ccc(C(C)(C)C)cc1C)c(O)n2C. The van der Waals surface area contributed by atoms with Crippen molar-refractivity contribution in [3.05, 3.63) is 51.5 Å². The fraction of sp³-hybridized carbons (Fsp3) is 0.348. The molecular formula is C23H26BrN3O3. The molecule has 158 valence electrons. The Hall–Kier alpha value is -2.67. The molecule has 1 N–H and O–H groups in total. The number of ether oxygens (including phenoxy) is 1. The number of fused-ring (bicyclic) bond motifs is 1. The third-order valence-corrected chi connectivity index (χ3v) is 5.59. The summed E-state index contributed by atoms with van der Waals surface area (Å²) >= 11 is 3.51. The van der Waals surface area contributed by atoms with Crippen molar-refractivity contribution in [3.63, 3.8) is 0 Å². The molecule has 2 aromatic carbocycles. The number of hydrogen-bond donors (Lipinski definition) is 1. The van der Waals surface area contributed by atoms with E-state index in [1.54, 1.807) is 11.6 Å². The Balaban J connectivity index is 1.77. The van der Waals surface area contributed by atoms with Crippen LogP contribution in [0.5, 0.6) is 11.6 Å². The van der Waals surface area contributed by atoms with Crippen molar-refractivity contribution in [2.24, 2.45) is 17.3 Å². The number of halogens is 1. The van der Waals surface area contributed by atoms with Crippen LogP contribution in [0.25, 0.3) is 10.9 Å². The van der Waals surface area contributed by atoms with Gasteiger partial charge in [-0.2, -0.15) is 0 Å². The van der Waals surface area contributed by atoms with Gasteiger partial charge in [0.2, 0.25) is 5.88 Å². The molecule has 1 aromatic heterocycles. The predicted octanol–water partition coefficient (Wildman–Crippen LogP) is 6.25. The minimum atomic E-state index is -0.530. The lowest BCUT2D eigenvalue weighted by atomic mass is 9.86. The van der Waals surface area contributed by atoms with E-state index in [1.807, 2.05) is 38.1 Å². The molecule has 0 radical (unpaired) electrons. The highest BCUT2D eigenvalue weighted by atomic mass is 79.9. The number of azo groups is 1. The quantitative estimate of drug-likeness (QED) is 0.456. The number of aromatic nitrogens is 1. The molecule has 0 saturated heterocycles. The first-order chi connectivity index (χ1) is 14.0. The zero-order valence-electron chi connectivity index (χ0n) is 18.1. The van der Waals surface area contributed by atoms with E-state index in [1.165, 1.54) is 5.56 Å². The van der Waals surface area contributed by atoms with E-state index in [0.29, 0.717) is 11.1 Å². The summed E-state index contributed by atoms with van der Waals surface area (Å²) < 4.78 is 8.08. The molecule has 3 rings (SSSR count). The molecule has 0 aliphatic heterocycles. The van der Waals surface area contributed by atoms with E-state index in [4.69, 9.17) is 4.74 Å². The number of amides is 1. The fourth-order valence-electron chi connectivity index (χ4n) is 3.29. The summed E-state index contributed by atoms with van der Waals surface area (Å²) in [6.45, 7) is 10.1. The topological polar surface area (TPSA) is 76.2 Å². The minimum Gasteiger partial charge on any atom is -0.493 e. The van der Waals surface area contributed by atoms with Crippen LogP contribution in [0, 0.1) is 13.8 Å². The maximum absolute atomic E-state index is 12.2. The second-order valence-corrected chi connectivity index (χ2v) is 9.34. The van der Waals surface area contributed by atoms with E-state index in [9.17, 15) is 9.90 Å². The van der Waals surface area contributed by atoms with Gasteiger partial charge >= 0.3 is 5.91 Å². The van der Waals surface area contributed by atoms with E-state index in [-0.39, 0.29) is 23.6 Å². The van der Waals surface area contributed by atoms with Gasteiger partial charge in [0.1, 0.15) is 5.75 Å². The van der Waals surface area contributed by atoms with E-state index in [0.717, 1.165) is 21.1 Å². The molecule has 0 bridgehead atoms. The lowest BCUT2D eigenvalue weighted by molar-refractivity contribution is -0.120. The molecule has 0 fully saturated rings. The Morgan fingerprint density at radius 1 is 1.20 bits per heavy atom. The van der Waals surface area contributed by atoms with Crippen molar-refractivity contribution in [1.82, 2.24) is 4.57 Å². The van der Waals surface area contributed by atoms with Crippen LogP contribution in [0.15, 0.2) is 45.0 Å². The summed E-state index contributed by atoms with van der Waals surface area (Å²) in [5, 5.41) is 18.9. The molecule has 0 aliphatic carbocycles. The van der Waals surface area contributed by atoms with Gasteiger partial charge < -0.3 is 14.4 Å². The summed E-state index contributed by atoms with van der Waals surface area (Å²) in [5.74, 6) is 0.0546. The first kappa shape index (κ1) is 22.0. The third kappa shape index (κ3) is 4.41. The van der Waals surface area contributed by atoms with Gasteiger partial charge in [-0.15, -0.1) is 10.2 Å². The van der Waals surface area contributed by atoms with Crippen molar-refractivity contribution < 1.29 is 14.6 Å². The number of rotatable bonds is 4. The van der Waals surface area contributed by atoms with E-state index >= 15 is 0 Å². The van der Waals surface area contributed by atoms with Crippen LogP contribution in [0.3, 0.4) is 0 Å². The van der Waals surface area contributed by atoms with Crippen LogP contribution in [0.1, 0.15) is 37.5 Å². The number of carbonyl (C=O) groups is 1. The molecule has 0 spiro atoms. The summed E-state index contributed by atoms with van der Waals surface area (Å²) in [4.78, 5) is 12.2. The average molecular weight is 472 g/mol.